The maximum absolute atomic E-state index is 10.6. The Kier molecular flexibility index (Phi) is 2.57. The average molecular weight is 239 g/mol. The van der Waals surface area contributed by atoms with E-state index in [4.69, 9.17) is 16.7 Å². The number of carboxylic acid groups (broad SMARTS) is 1. The van der Waals surface area contributed by atoms with Gasteiger partial charge < -0.3 is 5.11 Å². The van der Waals surface area contributed by atoms with Crippen molar-refractivity contribution in [3.63, 3.8) is 0 Å². The summed E-state index contributed by atoms with van der Waals surface area (Å²) in [4.78, 5) is 11.7. The van der Waals surface area contributed by atoms with Gasteiger partial charge in [0.05, 0.1) is 5.69 Å². The van der Waals surface area contributed by atoms with Gasteiger partial charge in [0, 0.05) is 5.02 Å². The largest absolute Gasteiger partial charge is 0.475 e. The van der Waals surface area contributed by atoms with Gasteiger partial charge in [-0.2, -0.15) is 0 Å². The first-order chi connectivity index (χ1) is 7.58. The second-order valence-corrected chi connectivity index (χ2v) is 3.57. The molecule has 2 rings (SSSR count). The van der Waals surface area contributed by atoms with Crippen LogP contribution in [-0.4, -0.2) is 31.3 Å². The Labute approximate surface area is 95.5 Å². The zero-order valence-electron chi connectivity index (χ0n) is 8.25. The molecule has 0 spiro atoms. The van der Waals surface area contributed by atoms with E-state index in [1.807, 2.05) is 6.92 Å². The van der Waals surface area contributed by atoms with E-state index < -0.39 is 5.97 Å². The molecule has 82 valence electrons. The summed E-state index contributed by atoms with van der Waals surface area (Å²) >= 11 is 5.80. The van der Waals surface area contributed by atoms with Gasteiger partial charge in [-0.1, -0.05) is 11.6 Å². The third-order valence-electron chi connectivity index (χ3n) is 1.98. The third-order valence-corrected chi connectivity index (χ3v) is 2.21. The number of aromatic carboxylic acids is 1. The number of hydrogen-bond donors (Lipinski definition) is 1. The molecule has 1 aromatic heterocycles. The van der Waals surface area contributed by atoms with E-state index in [1.165, 1.54) is 0 Å². The molecule has 1 aromatic carbocycles. The zero-order chi connectivity index (χ0) is 11.7. The van der Waals surface area contributed by atoms with Crippen molar-refractivity contribution in [2.75, 3.05) is 0 Å². The van der Waals surface area contributed by atoms with Gasteiger partial charge in [0.25, 0.3) is 5.82 Å². The van der Waals surface area contributed by atoms with E-state index in [2.05, 4.69) is 15.4 Å². The summed E-state index contributed by atoms with van der Waals surface area (Å²) in [5.74, 6) is -1.55. The highest BCUT2D eigenvalue weighted by Crippen LogP contribution is 2.17. The molecule has 0 aliphatic carbocycles. The number of hydrogen-bond acceptors (Lipinski definition) is 4. The molecule has 0 amide bonds. The number of carbonyl (C=O) groups is 1. The Morgan fingerprint density at radius 2 is 2.25 bits per heavy atom. The SMILES string of the molecule is Cc1cc(Cl)ccc1-n1nnc(C(=O)O)n1. The van der Waals surface area contributed by atoms with E-state index in [-0.39, 0.29) is 5.82 Å². The van der Waals surface area contributed by atoms with Crippen LogP contribution in [0, 0.1) is 6.92 Å². The molecule has 6 nitrogen and oxygen atoms in total. The molecule has 0 radical (unpaired) electrons. The van der Waals surface area contributed by atoms with E-state index in [0.29, 0.717) is 10.7 Å². The van der Waals surface area contributed by atoms with Crippen LogP contribution in [0.5, 0.6) is 0 Å². The Balaban J connectivity index is 2.46. The Bertz CT molecular complexity index is 552. The minimum atomic E-state index is -1.21. The summed E-state index contributed by atoms with van der Waals surface area (Å²) in [6, 6.07) is 5.11. The molecule has 0 aliphatic heterocycles. The number of carboxylic acids is 1. The van der Waals surface area contributed by atoms with Crippen LogP contribution in [0.2, 0.25) is 5.02 Å². The van der Waals surface area contributed by atoms with Gasteiger partial charge in [-0.25, -0.2) is 4.79 Å². The maximum Gasteiger partial charge on any atom is 0.377 e. The fourth-order valence-electron chi connectivity index (χ4n) is 1.25. The lowest BCUT2D eigenvalue weighted by Crippen LogP contribution is -2.03. The van der Waals surface area contributed by atoms with Crippen molar-refractivity contribution in [1.29, 1.82) is 0 Å². The summed E-state index contributed by atoms with van der Waals surface area (Å²) in [5.41, 5.74) is 1.48. The van der Waals surface area contributed by atoms with Crippen molar-refractivity contribution < 1.29 is 9.90 Å². The predicted molar refractivity (Wildman–Crippen MR) is 55.9 cm³/mol. The Morgan fingerprint density at radius 3 is 2.81 bits per heavy atom. The number of benzene rings is 1. The standard InChI is InChI=1S/C9H7ClN4O2/c1-5-4-6(10)2-3-7(5)14-12-8(9(15)16)11-13-14/h2-4H,1H3,(H,15,16). The fraction of sp³-hybridized carbons (Fsp3) is 0.111. The first kappa shape index (κ1) is 10.6. The van der Waals surface area contributed by atoms with E-state index in [1.54, 1.807) is 18.2 Å². The first-order valence-electron chi connectivity index (χ1n) is 4.38. The highest BCUT2D eigenvalue weighted by Gasteiger charge is 2.12. The van der Waals surface area contributed by atoms with E-state index in [9.17, 15) is 4.79 Å². The minimum absolute atomic E-state index is 0.339. The molecule has 0 atom stereocenters. The van der Waals surface area contributed by atoms with Crippen molar-refractivity contribution >= 4 is 17.6 Å². The van der Waals surface area contributed by atoms with Gasteiger partial charge in [0.2, 0.25) is 0 Å². The van der Waals surface area contributed by atoms with Gasteiger partial charge in [0.15, 0.2) is 0 Å². The molecule has 0 aliphatic rings. The molecular formula is C9H7ClN4O2. The van der Waals surface area contributed by atoms with Crippen molar-refractivity contribution in [2.45, 2.75) is 6.92 Å². The fourth-order valence-corrected chi connectivity index (χ4v) is 1.47. The molecule has 2 aromatic rings. The summed E-state index contributed by atoms with van der Waals surface area (Å²) in [7, 11) is 0. The molecule has 0 saturated heterocycles. The van der Waals surface area contributed by atoms with Crippen LogP contribution in [0.4, 0.5) is 0 Å². The Hall–Kier alpha value is -1.95. The number of aryl methyl sites for hydroxylation is 1. The van der Waals surface area contributed by atoms with Crippen molar-refractivity contribution in [2.24, 2.45) is 0 Å². The summed E-state index contributed by atoms with van der Waals surface area (Å²) in [6.45, 7) is 1.82. The van der Waals surface area contributed by atoms with Crippen LogP contribution in [0.25, 0.3) is 5.69 Å². The highest BCUT2D eigenvalue weighted by molar-refractivity contribution is 6.30. The smallest absolute Gasteiger partial charge is 0.377 e. The number of nitrogens with zero attached hydrogens (tertiary/aromatic N) is 4. The number of halogens is 1. The molecule has 0 fully saturated rings. The zero-order valence-corrected chi connectivity index (χ0v) is 9.01. The number of rotatable bonds is 2. The van der Waals surface area contributed by atoms with Crippen LogP contribution in [0.15, 0.2) is 18.2 Å². The van der Waals surface area contributed by atoms with Crippen molar-refractivity contribution in [3.05, 3.63) is 34.6 Å². The monoisotopic (exact) mass is 238 g/mol. The van der Waals surface area contributed by atoms with Gasteiger partial charge in [0.1, 0.15) is 0 Å². The minimum Gasteiger partial charge on any atom is -0.475 e. The van der Waals surface area contributed by atoms with Crippen LogP contribution >= 0.6 is 11.6 Å². The first-order valence-corrected chi connectivity index (χ1v) is 4.75. The second kappa shape index (κ2) is 3.90. The van der Waals surface area contributed by atoms with E-state index in [0.717, 1.165) is 10.4 Å². The lowest BCUT2D eigenvalue weighted by molar-refractivity contribution is 0.0683. The third kappa shape index (κ3) is 1.87. The summed E-state index contributed by atoms with van der Waals surface area (Å²) in [5, 5.41) is 20.0. The average Bonchev–Trinajstić information content (AvgIpc) is 2.66. The molecule has 16 heavy (non-hydrogen) atoms. The van der Waals surface area contributed by atoms with Crippen LogP contribution in [-0.2, 0) is 0 Å². The normalized spacial score (nSPS) is 10.4. The molecule has 0 bridgehead atoms. The molecular weight excluding hydrogens is 232 g/mol. The molecule has 1 N–H and O–H groups in total. The second-order valence-electron chi connectivity index (χ2n) is 3.14. The van der Waals surface area contributed by atoms with Crippen molar-refractivity contribution in [3.8, 4) is 5.69 Å². The van der Waals surface area contributed by atoms with Crippen LogP contribution in [0.3, 0.4) is 0 Å². The molecule has 7 heteroatoms. The predicted octanol–water partition coefficient (Wildman–Crippen LogP) is 1.32. The topological polar surface area (TPSA) is 80.9 Å². The molecule has 0 saturated carbocycles. The quantitative estimate of drug-likeness (QED) is 0.853. The summed E-state index contributed by atoms with van der Waals surface area (Å²) in [6.07, 6.45) is 0. The lowest BCUT2D eigenvalue weighted by Gasteiger charge is -2.02. The van der Waals surface area contributed by atoms with Gasteiger partial charge >= 0.3 is 5.97 Å². The van der Waals surface area contributed by atoms with E-state index >= 15 is 0 Å². The van der Waals surface area contributed by atoms with Gasteiger partial charge in [-0.3, -0.25) is 0 Å². The number of tetrazole rings is 1. The Morgan fingerprint density at radius 1 is 1.50 bits per heavy atom. The highest BCUT2D eigenvalue weighted by atomic mass is 35.5. The maximum atomic E-state index is 10.6. The van der Waals surface area contributed by atoms with Crippen LogP contribution < -0.4 is 0 Å². The molecule has 0 unspecified atom stereocenters. The molecule has 1 heterocycles. The van der Waals surface area contributed by atoms with Crippen molar-refractivity contribution in [1.82, 2.24) is 20.2 Å². The lowest BCUT2D eigenvalue weighted by atomic mass is 10.2. The van der Waals surface area contributed by atoms with Gasteiger partial charge in [-0.15, -0.1) is 15.0 Å². The summed E-state index contributed by atoms with van der Waals surface area (Å²) < 4.78 is 0. The van der Waals surface area contributed by atoms with Crippen LogP contribution in [0.1, 0.15) is 16.2 Å². The van der Waals surface area contributed by atoms with Gasteiger partial charge in [-0.05, 0) is 35.9 Å². The number of aromatic nitrogens is 4.